The van der Waals surface area contributed by atoms with Crippen molar-refractivity contribution < 1.29 is 32.2 Å². The summed E-state index contributed by atoms with van der Waals surface area (Å²) in [5.41, 5.74) is 1.49. The second-order valence-electron chi connectivity index (χ2n) is 7.10. The van der Waals surface area contributed by atoms with Gasteiger partial charge in [-0.05, 0) is 36.6 Å². The molecule has 1 N–H and O–H groups in total. The number of sulfone groups is 1. The van der Waals surface area contributed by atoms with Crippen LogP contribution in [0.1, 0.15) is 33.3 Å². The van der Waals surface area contributed by atoms with Gasteiger partial charge in [0.1, 0.15) is 18.2 Å². The number of esters is 1. The third-order valence-corrected chi connectivity index (χ3v) is 8.02. The highest BCUT2D eigenvalue weighted by Gasteiger charge is 2.32. The number of amides is 1. The lowest BCUT2D eigenvalue weighted by Crippen LogP contribution is -2.20. The van der Waals surface area contributed by atoms with Crippen molar-refractivity contribution in [3.8, 4) is 11.5 Å². The van der Waals surface area contributed by atoms with Crippen LogP contribution in [0.25, 0.3) is 0 Å². The van der Waals surface area contributed by atoms with E-state index in [1.807, 2.05) is 0 Å². The van der Waals surface area contributed by atoms with E-state index in [0.29, 0.717) is 50.7 Å². The topological polar surface area (TPSA) is 108 Å². The number of thiophene rings is 1. The van der Waals surface area contributed by atoms with Gasteiger partial charge in [-0.3, -0.25) is 4.79 Å². The van der Waals surface area contributed by atoms with Gasteiger partial charge in [0, 0.05) is 4.88 Å². The molecule has 166 valence electrons. The summed E-state index contributed by atoms with van der Waals surface area (Å²) >= 11 is 7.34. The number of benzene rings is 1. The molecule has 3 heterocycles. The van der Waals surface area contributed by atoms with E-state index in [0.717, 1.165) is 11.3 Å². The summed E-state index contributed by atoms with van der Waals surface area (Å²) in [4.78, 5) is 25.8. The molecule has 0 saturated carbocycles. The van der Waals surface area contributed by atoms with Crippen LogP contribution in [0.5, 0.6) is 11.5 Å². The highest BCUT2D eigenvalue weighted by Crippen LogP contribution is 2.40. The van der Waals surface area contributed by atoms with Crippen molar-refractivity contribution in [1.29, 1.82) is 0 Å². The molecule has 4 rings (SSSR count). The Bertz CT molecular complexity index is 1160. The van der Waals surface area contributed by atoms with Crippen LogP contribution < -0.4 is 14.8 Å². The number of hydrogen-bond donors (Lipinski definition) is 1. The zero-order valence-electron chi connectivity index (χ0n) is 16.7. The van der Waals surface area contributed by atoms with Crippen LogP contribution in [0, 0.1) is 0 Å². The Hall–Kier alpha value is -2.30. The Morgan fingerprint density at radius 3 is 2.81 bits per heavy atom. The average molecular weight is 486 g/mol. The molecule has 2 aliphatic heterocycles. The highest BCUT2D eigenvalue weighted by molar-refractivity contribution is 7.90. The van der Waals surface area contributed by atoms with Crippen LogP contribution in [0.15, 0.2) is 12.1 Å². The number of halogens is 1. The van der Waals surface area contributed by atoms with Gasteiger partial charge in [-0.15, -0.1) is 11.3 Å². The summed E-state index contributed by atoms with van der Waals surface area (Å²) in [6.07, 6.45) is 0.204. The predicted molar refractivity (Wildman–Crippen MR) is 116 cm³/mol. The normalized spacial score (nSPS) is 16.3. The predicted octanol–water partition coefficient (Wildman–Crippen LogP) is 3.00. The molecule has 31 heavy (non-hydrogen) atoms. The Labute approximate surface area is 188 Å². The van der Waals surface area contributed by atoms with Crippen LogP contribution in [0.4, 0.5) is 5.00 Å². The minimum atomic E-state index is -3.22. The second-order valence-corrected chi connectivity index (χ2v) is 10.8. The first kappa shape index (κ1) is 21.9. The highest BCUT2D eigenvalue weighted by atomic mass is 35.5. The summed E-state index contributed by atoms with van der Waals surface area (Å²) < 4.78 is 40.2. The van der Waals surface area contributed by atoms with Gasteiger partial charge in [0.15, 0.2) is 21.3 Å². The van der Waals surface area contributed by atoms with Crippen LogP contribution >= 0.6 is 22.9 Å². The molecule has 8 nitrogen and oxygen atoms in total. The molecule has 0 fully saturated rings. The van der Waals surface area contributed by atoms with Gasteiger partial charge in [0.05, 0.1) is 35.1 Å². The fraction of sp³-hybridized carbons (Fsp3) is 0.400. The molecular weight excluding hydrogens is 466 g/mol. The minimum Gasteiger partial charge on any atom is -0.486 e. The van der Waals surface area contributed by atoms with Crippen LogP contribution in [0.3, 0.4) is 0 Å². The van der Waals surface area contributed by atoms with Gasteiger partial charge < -0.3 is 19.5 Å². The fourth-order valence-electron chi connectivity index (χ4n) is 3.55. The van der Waals surface area contributed by atoms with Crippen molar-refractivity contribution in [2.45, 2.75) is 25.5 Å². The van der Waals surface area contributed by atoms with Crippen molar-refractivity contribution in [3.05, 3.63) is 38.7 Å². The molecule has 0 spiro atoms. The van der Waals surface area contributed by atoms with Crippen molar-refractivity contribution in [2.75, 3.05) is 30.9 Å². The molecule has 11 heteroatoms. The number of carbonyl (C=O) groups excluding carboxylic acids is 2. The molecule has 1 amide bonds. The quantitative estimate of drug-likeness (QED) is 0.648. The van der Waals surface area contributed by atoms with Gasteiger partial charge in [0.2, 0.25) is 5.91 Å². The van der Waals surface area contributed by atoms with Gasteiger partial charge in [-0.25, -0.2) is 13.2 Å². The van der Waals surface area contributed by atoms with Gasteiger partial charge in [-0.2, -0.15) is 0 Å². The number of fused-ring (bicyclic) bond motifs is 2. The number of nitrogens with one attached hydrogen (secondary N) is 1. The van der Waals surface area contributed by atoms with Gasteiger partial charge in [-0.1, -0.05) is 11.6 Å². The van der Waals surface area contributed by atoms with E-state index in [9.17, 15) is 18.0 Å². The number of hydrogen-bond acceptors (Lipinski definition) is 8. The van der Waals surface area contributed by atoms with E-state index in [4.69, 9.17) is 25.8 Å². The molecule has 0 bridgehead atoms. The maximum atomic E-state index is 12.7. The molecule has 0 aliphatic carbocycles. The molecule has 1 aromatic heterocycles. The molecule has 0 saturated heterocycles. The van der Waals surface area contributed by atoms with Crippen LogP contribution in [0.2, 0.25) is 5.02 Å². The van der Waals surface area contributed by atoms with Gasteiger partial charge >= 0.3 is 5.97 Å². The Balaban J connectivity index is 1.59. The molecular formula is C20H20ClNO7S2. The van der Waals surface area contributed by atoms with Crippen molar-refractivity contribution in [3.63, 3.8) is 0 Å². The molecule has 2 aromatic rings. The van der Waals surface area contributed by atoms with E-state index in [1.165, 1.54) is 0 Å². The first-order chi connectivity index (χ1) is 14.8. The minimum absolute atomic E-state index is 0.0144. The van der Waals surface area contributed by atoms with E-state index in [2.05, 4.69) is 5.32 Å². The lowest BCUT2D eigenvalue weighted by molar-refractivity contribution is -0.115. The largest absolute Gasteiger partial charge is 0.486 e. The monoisotopic (exact) mass is 485 g/mol. The molecule has 2 aliphatic rings. The van der Waals surface area contributed by atoms with Crippen molar-refractivity contribution in [2.24, 2.45) is 0 Å². The summed E-state index contributed by atoms with van der Waals surface area (Å²) in [5, 5.41) is 3.40. The smallest absolute Gasteiger partial charge is 0.341 e. The van der Waals surface area contributed by atoms with Crippen LogP contribution in [-0.2, 0) is 38.0 Å². The number of rotatable bonds is 5. The van der Waals surface area contributed by atoms with Crippen molar-refractivity contribution >= 4 is 49.7 Å². The third-order valence-electron chi connectivity index (χ3n) is 4.86. The maximum absolute atomic E-state index is 12.7. The number of anilines is 1. The van der Waals surface area contributed by atoms with E-state index in [-0.39, 0.29) is 42.4 Å². The molecule has 0 atom stereocenters. The number of carbonyl (C=O) groups is 2. The summed E-state index contributed by atoms with van der Waals surface area (Å²) in [5.74, 6) is -0.199. The number of ether oxygens (including phenoxy) is 3. The lowest BCUT2D eigenvalue weighted by Gasteiger charge is -2.20. The Morgan fingerprint density at radius 2 is 2.03 bits per heavy atom. The van der Waals surface area contributed by atoms with E-state index >= 15 is 0 Å². The van der Waals surface area contributed by atoms with Crippen LogP contribution in [-0.4, -0.2) is 45.9 Å². The maximum Gasteiger partial charge on any atom is 0.341 e. The average Bonchev–Trinajstić information content (AvgIpc) is 3.03. The first-order valence-corrected chi connectivity index (χ1v) is 12.7. The van der Waals surface area contributed by atoms with Crippen molar-refractivity contribution in [1.82, 2.24) is 0 Å². The molecule has 0 radical (unpaired) electrons. The van der Waals surface area contributed by atoms with E-state index in [1.54, 1.807) is 19.1 Å². The lowest BCUT2D eigenvalue weighted by atomic mass is 10.1. The fourth-order valence-corrected chi connectivity index (χ4v) is 6.90. The second kappa shape index (κ2) is 8.68. The zero-order chi connectivity index (χ0) is 22.2. The standard InChI is InChI=1S/C20H20ClNO7S2/c1-2-27-20(24)17-12-3-6-31(25,26)10-15(12)30-19(17)22-16(23)9-11-7-13(21)18-14(8-11)28-4-5-29-18/h7-8H,2-6,9-10H2,1H3,(H,22,23). The Kier molecular flexibility index (Phi) is 6.14. The molecule has 1 aromatic carbocycles. The third kappa shape index (κ3) is 4.65. The SMILES string of the molecule is CCOC(=O)c1c(NC(=O)Cc2cc(Cl)c3c(c2)OCCO3)sc2c1CCS(=O)(=O)C2. The summed E-state index contributed by atoms with van der Waals surface area (Å²) in [6, 6.07) is 3.32. The summed E-state index contributed by atoms with van der Waals surface area (Å²) in [7, 11) is -3.22. The summed E-state index contributed by atoms with van der Waals surface area (Å²) in [6.45, 7) is 2.66. The first-order valence-electron chi connectivity index (χ1n) is 9.67. The van der Waals surface area contributed by atoms with E-state index < -0.39 is 15.8 Å². The zero-order valence-corrected chi connectivity index (χ0v) is 19.0. The Morgan fingerprint density at radius 1 is 1.26 bits per heavy atom. The molecule has 0 unspecified atom stereocenters. The van der Waals surface area contributed by atoms with Gasteiger partial charge in [0.25, 0.3) is 0 Å².